The van der Waals surface area contributed by atoms with Gasteiger partial charge in [0.1, 0.15) is 6.04 Å². The Morgan fingerprint density at radius 2 is 1.95 bits per heavy atom. The molecule has 118 valence electrons. The van der Waals surface area contributed by atoms with E-state index in [-0.39, 0.29) is 25.2 Å². The van der Waals surface area contributed by atoms with E-state index in [2.05, 4.69) is 5.32 Å². The third-order valence-corrected chi connectivity index (χ3v) is 3.11. The molecule has 0 saturated heterocycles. The zero-order valence-corrected chi connectivity index (χ0v) is 12.9. The van der Waals surface area contributed by atoms with E-state index in [0.29, 0.717) is 6.61 Å². The van der Waals surface area contributed by atoms with Crippen molar-refractivity contribution in [2.75, 3.05) is 19.8 Å². The molecule has 0 bridgehead atoms. The molecule has 0 amide bonds. The molecule has 1 aromatic carbocycles. The number of aliphatic hydroxyl groups is 1. The summed E-state index contributed by atoms with van der Waals surface area (Å²) in [7, 11) is 0. The molecule has 0 aromatic heterocycles. The molecule has 21 heavy (non-hydrogen) atoms. The average molecular weight is 295 g/mol. The fourth-order valence-electron chi connectivity index (χ4n) is 1.80. The van der Waals surface area contributed by atoms with Crippen LogP contribution in [0.2, 0.25) is 0 Å². The fraction of sp³-hybridized carbons (Fsp3) is 0.562. The molecular formula is C16H25NO4. The Bertz CT molecular complexity index is 410. The molecule has 0 aliphatic heterocycles. The fourth-order valence-corrected chi connectivity index (χ4v) is 1.80. The number of ether oxygens (including phenoxy) is 2. The predicted molar refractivity (Wildman–Crippen MR) is 80.9 cm³/mol. The van der Waals surface area contributed by atoms with Crippen molar-refractivity contribution in [3.63, 3.8) is 0 Å². The number of carbonyl (C=O) groups excluding carboxylic acids is 1. The first-order valence-corrected chi connectivity index (χ1v) is 7.29. The van der Waals surface area contributed by atoms with Crippen molar-refractivity contribution in [1.82, 2.24) is 5.32 Å². The van der Waals surface area contributed by atoms with Crippen molar-refractivity contribution in [2.24, 2.45) is 0 Å². The smallest absolute Gasteiger partial charge is 0.322 e. The quantitative estimate of drug-likeness (QED) is 0.678. The summed E-state index contributed by atoms with van der Waals surface area (Å²) >= 11 is 0. The van der Waals surface area contributed by atoms with E-state index < -0.39 is 12.1 Å². The van der Waals surface area contributed by atoms with E-state index in [1.54, 1.807) is 13.8 Å². The number of esters is 1. The number of benzene rings is 1. The summed E-state index contributed by atoms with van der Waals surface area (Å²) in [5.41, 5.74) is 1.07. The van der Waals surface area contributed by atoms with E-state index in [1.165, 1.54) is 0 Å². The molecule has 0 aliphatic rings. The lowest BCUT2D eigenvalue weighted by atomic mass is 10.1. The van der Waals surface area contributed by atoms with Crippen LogP contribution < -0.4 is 5.32 Å². The summed E-state index contributed by atoms with van der Waals surface area (Å²) < 4.78 is 10.5. The molecule has 2 N–H and O–H groups in total. The number of nitrogens with one attached hydrogen (secondary N) is 1. The first-order chi connectivity index (χ1) is 10.0. The third-order valence-electron chi connectivity index (χ3n) is 3.11. The molecule has 5 nitrogen and oxygen atoms in total. The van der Waals surface area contributed by atoms with Crippen LogP contribution in [0.3, 0.4) is 0 Å². The second-order valence-electron chi connectivity index (χ2n) is 4.92. The van der Waals surface area contributed by atoms with Gasteiger partial charge in [-0.25, -0.2) is 0 Å². The van der Waals surface area contributed by atoms with Crippen LogP contribution in [0, 0.1) is 0 Å². The minimum atomic E-state index is -0.673. The number of rotatable bonds is 9. The van der Waals surface area contributed by atoms with Gasteiger partial charge in [-0.15, -0.1) is 0 Å². The SMILES string of the molecule is CCOC(=O)C(C)NCC(O)COC(C)c1ccccc1. The Labute approximate surface area is 126 Å². The molecule has 0 fully saturated rings. The minimum Gasteiger partial charge on any atom is -0.465 e. The van der Waals surface area contributed by atoms with Crippen molar-refractivity contribution in [3.05, 3.63) is 35.9 Å². The van der Waals surface area contributed by atoms with Crippen LogP contribution in [-0.2, 0) is 14.3 Å². The first kappa shape index (κ1) is 17.6. The Morgan fingerprint density at radius 1 is 1.29 bits per heavy atom. The second-order valence-corrected chi connectivity index (χ2v) is 4.92. The zero-order chi connectivity index (χ0) is 15.7. The van der Waals surface area contributed by atoms with E-state index in [0.717, 1.165) is 5.56 Å². The monoisotopic (exact) mass is 295 g/mol. The van der Waals surface area contributed by atoms with E-state index >= 15 is 0 Å². The maximum Gasteiger partial charge on any atom is 0.322 e. The highest BCUT2D eigenvalue weighted by molar-refractivity contribution is 5.75. The van der Waals surface area contributed by atoms with Crippen molar-refractivity contribution in [1.29, 1.82) is 0 Å². The lowest BCUT2D eigenvalue weighted by molar-refractivity contribution is -0.145. The summed E-state index contributed by atoms with van der Waals surface area (Å²) in [6.07, 6.45) is -0.753. The van der Waals surface area contributed by atoms with Crippen LogP contribution in [0.4, 0.5) is 0 Å². The van der Waals surface area contributed by atoms with Crippen LogP contribution >= 0.6 is 0 Å². The molecule has 3 unspecified atom stereocenters. The standard InChI is InChI=1S/C16H25NO4/c1-4-20-16(19)12(2)17-10-15(18)11-21-13(3)14-8-6-5-7-9-14/h5-9,12-13,15,17-18H,4,10-11H2,1-3H3. The first-order valence-electron chi connectivity index (χ1n) is 7.29. The molecule has 0 heterocycles. The lowest BCUT2D eigenvalue weighted by Gasteiger charge is -2.19. The summed E-state index contributed by atoms with van der Waals surface area (Å²) in [6.45, 7) is 6.25. The van der Waals surface area contributed by atoms with Gasteiger partial charge < -0.3 is 19.9 Å². The third kappa shape index (κ3) is 6.71. The number of aliphatic hydroxyl groups excluding tert-OH is 1. The van der Waals surface area contributed by atoms with Gasteiger partial charge in [0.05, 0.1) is 25.4 Å². The molecular weight excluding hydrogens is 270 g/mol. The Morgan fingerprint density at radius 3 is 2.57 bits per heavy atom. The summed E-state index contributed by atoms with van der Waals surface area (Å²) in [6, 6.07) is 9.39. The second kappa shape index (κ2) is 9.50. The van der Waals surface area contributed by atoms with Crippen LogP contribution in [0.25, 0.3) is 0 Å². The van der Waals surface area contributed by atoms with Gasteiger partial charge in [0.25, 0.3) is 0 Å². The van der Waals surface area contributed by atoms with Gasteiger partial charge in [0, 0.05) is 6.54 Å². The summed E-state index contributed by atoms with van der Waals surface area (Å²) in [5.74, 6) is -0.316. The van der Waals surface area contributed by atoms with Crippen molar-refractivity contribution in [3.8, 4) is 0 Å². The Kier molecular flexibility index (Phi) is 7.97. The molecule has 0 spiro atoms. The van der Waals surface area contributed by atoms with Crippen molar-refractivity contribution >= 4 is 5.97 Å². The minimum absolute atomic E-state index is 0.0802. The topological polar surface area (TPSA) is 67.8 Å². The van der Waals surface area contributed by atoms with Gasteiger partial charge in [-0.05, 0) is 26.3 Å². The molecule has 5 heteroatoms. The lowest BCUT2D eigenvalue weighted by Crippen LogP contribution is -2.41. The van der Waals surface area contributed by atoms with E-state index in [1.807, 2.05) is 37.3 Å². The molecule has 1 rings (SSSR count). The molecule has 3 atom stereocenters. The highest BCUT2D eigenvalue weighted by Crippen LogP contribution is 2.15. The van der Waals surface area contributed by atoms with E-state index in [4.69, 9.17) is 9.47 Å². The average Bonchev–Trinajstić information content (AvgIpc) is 2.51. The van der Waals surface area contributed by atoms with Gasteiger partial charge >= 0.3 is 5.97 Å². The highest BCUT2D eigenvalue weighted by atomic mass is 16.5. The molecule has 1 aromatic rings. The van der Waals surface area contributed by atoms with Gasteiger partial charge in [0.2, 0.25) is 0 Å². The van der Waals surface area contributed by atoms with Crippen LogP contribution in [0.1, 0.15) is 32.4 Å². The number of hydrogen-bond donors (Lipinski definition) is 2. The molecule has 0 radical (unpaired) electrons. The van der Waals surface area contributed by atoms with E-state index in [9.17, 15) is 9.90 Å². The zero-order valence-electron chi connectivity index (χ0n) is 12.9. The maximum atomic E-state index is 11.4. The predicted octanol–water partition coefficient (Wildman–Crippen LogP) is 1.67. The Balaban J connectivity index is 2.25. The van der Waals surface area contributed by atoms with Gasteiger partial charge in [0.15, 0.2) is 0 Å². The van der Waals surface area contributed by atoms with Crippen LogP contribution in [0.15, 0.2) is 30.3 Å². The summed E-state index contributed by atoms with van der Waals surface area (Å²) in [4.78, 5) is 11.4. The number of carbonyl (C=O) groups is 1. The van der Waals surface area contributed by atoms with Gasteiger partial charge in [-0.3, -0.25) is 4.79 Å². The summed E-state index contributed by atoms with van der Waals surface area (Å²) in [5, 5.41) is 12.8. The van der Waals surface area contributed by atoms with Crippen LogP contribution in [0.5, 0.6) is 0 Å². The maximum absolute atomic E-state index is 11.4. The van der Waals surface area contributed by atoms with Gasteiger partial charge in [-0.2, -0.15) is 0 Å². The normalized spacial score (nSPS) is 15.2. The van der Waals surface area contributed by atoms with Crippen LogP contribution in [-0.4, -0.2) is 43.0 Å². The van der Waals surface area contributed by atoms with Gasteiger partial charge in [-0.1, -0.05) is 30.3 Å². The number of hydrogen-bond acceptors (Lipinski definition) is 5. The Hall–Kier alpha value is -1.43. The van der Waals surface area contributed by atoms with Crippen molar-refractivity contribution < 1.29 is 19.4 Å². The highest BCUT2D eigenvalue weighted by Gasteiger charge is 2.15. The molecule has 0 saturated carbocycles. The van der Waals surface area contributed by atoms with Crippen molar-refractivity contribution in [2.45, 2.75) is 39.0 Å². The largest absolute Gasteiger partial charge is 0.465 e. The molecule has 0 aliphatic carbocycles.